The second-order valence-electron chi connectivity index (χ2n) is 5.83. The van der Waals surface area contributed by atoms with Gasteiger partial charge in [0.25, 0.3) is 5.91 Å². The van der Waals surface area contributed by atoms with Crippen LogP contribution in [0.5, 0.6) is 0 Å². The average Bonchev–Trinajstić information content (AvgIpc) is 3.16. The van der Waals surface area contributed by atoms with Crippen molar-refractivity contribution >= 4 is 27.5 Å². The van der Waals surface area contributed by atoms with Crippen molar-refractivity contribution in [3.05, 3.63) is 46.2 Å². The summed E-state index contributed by atoms with van der Waals surface area (Å²) >= 11 is 5.84. The van der Waals surface area contributed by atoms with E-state index in [9.17, 15) is 13.2 Å². The van der Waals surface area contributed by atoms with Crippen molar-refractivity contribution in [3.8, 4) is 0 Å². The summed E-state index contributed by atoms with van der Waals surface area (Å²) in [6.07, 6.45) is 1.71. The normalized spacial score (nSPS) is 15.8. The third-order valence-electron chi connectivity index (χ3n) is 4.17. The molecule has 1 aromatic heterocycles. The number of aromatic nitrogens is 2. The molecule has 0 bridgehead atoms. The van der Waals surface area contributed by atoms with Gasteiger partial charge >= 0.3 is 0 Å². The highest BCUT2D eigenvalue weighted by Gasteiger charge is 2.33. The predicted molar refractivity (Wildman–Crippen MR) is 90.9 cm³/mol. The van der Waals surface area contributed by atoms with E-state index in [1.807, 2.05) is 0 Å². The van der Waals surface area contributed by atoms with Crippen LogP contribution < -0.4 is 0 Å². The van der Waals surface area contributed by atoms with Crippen molar-refractivity contribution in [2.24, 2.45) is 0 Å². The second kappa shape index (κ2) is 6.31. The van der Waals surface area contributed by atoms with Crippen molar-refractivity contribution in [3.63, 3.8) is 0 Å². The van der Waals surface area contributed by atoms with Gasteiger partial charge in [-0.3, -0.25) is 4.79 Å². The van der Waals surface area contributed by atoms with E-state index in [1.54, 1.807) is 38.1 Å². The van der Waals surface area contributed by atoms with Gasteiger partial charge in [-0.05, 0) is 51.0 Å². The molecule has 6 nitrogen and oxygen atoms in total. The van der Waals surface area contributed by atoms with Crippen LogP contribution in [0.3, 0.4) is 0 Å². The molecule has 1 saturated heterocycles. The smallest absolute Gasteiger partial charge is 0.267 e. The van der Waals surface area contributed by atoms with E-state index >= 15 is 0 Å². The first-order valence-electron chi connectivity index (χ1n) is 7.69. The van der Waals surface area contributed by atoms with E-state index < -0.39 is 10.0 Å². The molecule has 1 aromatic carbocycles. The van der Waals surface area contributed by atoms with E-state index in [0.29, 0.717) is 35.1 Å². The van der Waals surface area contributed by atoms with Crippen molar-refractivity contribution in [2.75, 3.05) is 13.1 Å². The van der Waals surface area contributed by atoms with Crippen LogP contribution in [0.4, 0.5) is 0 Å². The zero-order valence-electron chi connectivity index (χ0n) is 13.5. The molecule has 0 aliphatic carbocycles. The monoisotopic (exact) mass is 367 g/mol. The minimum absolute atomic E-state index is 0.131. The van der Waals surface area contributed by atoms with E-state index in [-0.39, 0.29) is 10.8 Å². The molecule has 0 N–H and O–H groups in total. The molecule has 8 heteroatoms. The highest BCUT2D eigenvalue weighted by atomic mass is 35.5. The van der Waals surface area contributed by atoms with Crippen LogP contribution in [0, 0.1) is 13.8 Å². The molecule has 0 amide bonds. The molecule has 1 aliphatic rings. The molecule has 2 heterocycles. The Balaban J connectivity index is 2.03. The number of halogens is 1. The number of hydrogen-bond donors (Lipinski definition) is 0. The molecule has 0 saturated carbocycles. The molecule has 0 spiro atoms. The highest BCUT2D eigenvalue weighted by molar-refractivity contribution is 7.89. The standard InChI is InChI=1S/C16H18ClN3O3S/c1-11-15(24(22,23)19-9-3-4-10-19)12(2)20(18-11)16(21)13-5-7-14(17)8-6-13/h5-8H,3-4,9-10H2,1-2H3. The van der Waals surface area contributed by atoms with Gasteiger partial charge < -0.3 is 0 Å². The molecule has 1 aliphatic heterocycles. The molecule has 0 unspecified atom stereocenters. The number of aryl methyl sites for hydroxylation is 1. The van der Waals surface area contributed by atoms with Gasteiger partial charge in [-0.2, -0.15) is 14.1 Å². The zero-order chi connectivity index (χ0) is 17.5. The number of carbonyl (C=O) groups excluding carboxylic acids is 1. The van der Waals surface area contributed by atoms with Gasteiger partial charge in [0.15, 0.2) is 0 Å². The van der Waals surface area contributed by atoms with Crippen LogP contribution in [0.1, 0.15) is 34.6 Å². The summed E-state index contributed by atoms with van der Waals surface area (Å²) in [5, 5.41) is 4.70. The van der Waals surface area contributed by atoms with Crippen LogP contribution in [-0.4, -0.2) is 41.5 Å². The summed E-state index contributed by atoms with van der Waals surface area (Å²) in [6, 6.07) is 6.41. The summed E-state index contributed by atoms with van der Waals surface area (Å²) < 4.78 is 28.3. The third kappa shape index (κ3) is 2.87. The lowest BCUT2D eigenvalue weighted by Crippen LogP contribution is -2.29. The first-order valence-corrected chi connectivity index (χ1v) is 9.51. The van der Waals surface area contributed by atoms with Crippen LogP contribution in [0.25, 0.3) is 0 Å². The van der Waals surface area contributed by atoms with Gasteiger partial charge in [0, 0.05) is 23.7 Å². The molecular formula is C16H18ClN3O3S. The van der Waals surface area contributed by atoms with E-state index in [1.165, 1.54) is 4.31 Å². The summed E-state index contributed by atoms with van der Waals surface area (Å²) in [5.41, 5.74) is 1.07. The first-order chi connectivity index (χ1) is 11.3. The topological polar surface area (TPSA) is 72.3 Å². The van der Waals surface area contributed by atoms with Crippen LogP contribution in [0.15, 0.2) is 29.2 Å². The molecule has 2 aromatic rings. The van der Waals surface area contributed by atoms with Gasteiger partial charge in [-0.15, -0.1) is 0 Å². The average molecular weight is 368 g/mol. The van der Waals surface area contributed by atoms with Gasteiger partial charge in [-0.1, -0.05) is 11.6 Å². The fourth-order valence-electron chi connectivity index (χ4n) is 2.97. The van der Waals surface area contributed by atoms with E-state index in [4.69, 9.17) is 11.6 Å². The molecule has 128 valence electrons. The number of benzene rings is 1. The Labute approximate surface area is 146 Å². The maximum atomic E-state index is 12.8. The Kier molecular flexibility index (Phi) is 4.50. The van der Waals surface area contributed by atoms with Crippen molar-refractivity contribution in [1.29, 1.82) is 0 Å². The van der Waals surface area contributed by atoms with E-state index in [0.717, 1.165) is 17.5 Å². The summed E-state index contributed by atoms with van der Waals surface area (Å²) in [6.45, 7) is 4.24. The lowest BCUT2D eigenvalue weighted by molar-refractivity contribution is 0.0942. The summed E-state index contributed by atoms with van der Waals surface area (Å²) in [5.74, 6) is -0.380. The zero-order valence-corrected chi connectivity index (χ0v) is 15.1. The number of nitrogens with zero attached hydrogens (tertiary/aromatic N) is 3. The number of rotatable bonds is 3. The first kappa shape index (κ1) is 17.1. The van der Waals surface area contributed by atoms with Gasteiger partial charge in [0.2, 0.25) is 10.0 Å². The van der Waals surface area contributed by atoms with Gasteiger partial charge in [-0.25, -0.2) is 8.42 Å². The Hall–Kier alpha value is -1.70. The third-order valence-corrected chi connectivity index (χ3v) is 6.58. The van der Waals surface area contributed by atoms with Crippen LogP contribution in [-0.2, 0) is 10.0 Å². The van der Waals surface area contributed by atoms with Gasteiger partial charge in [0.1, 0.15) is 4.90 Å². The van der Waals surface area contributed by atoms with Crippen molar-refractivity contribution in [1.82, 2.24) is 14.1 Å². The minimum atomic E-state index is -3.62. The second-order valence-corrected chi connectivity index (χ2v) is 8.15. The maximum absolute atomic E-state index is 12.8. The predicted octanol–water partition coefficient (Wildman–Crippen LogP) is 2.63. The van der Waals surface area contributed by atoms with Crippen molar-refractivity contribution < 1.29 is 13.2 Å². The largest absolute Gasteiger partial charge is 0.278 e. The molecule has 0 atom stereocenters. The Bertz CT molecular complexity index is 882. The number of sulfonamides is 1. The molecule has 1 fully saturated rings. The lowest BCUT2D eigenvalue weighted by atomic mass is 10.2. The summed E-state index contributed by atoms with van der Waals surface area (Å²) in [7, 11) is -3.62. The Morgan fingerprint density at radius 1 is 1.12 bits per heavy atom. The van der Waals surface area contributed by atoms with Gasteiger partial charge in [0.05, 0.1) is 11.4 Å². The number of carbonyl (C=O) groups is 1. The molecule has 24 heavy (non-hydrogen) atoms. The summed E-state index contributed by atoms with van der Waals surface area (Å²) in [4.78, 5) is 12.8. The SMILES string of the molecule is Cc1nn(C(=O)c2ccc(Cl)cc2)c(C)c1S(=O)(=O)N1CCCC1. The Morgan fingerprint density at radius 2 is 1.71 bits per heavy atom. The highest BCUT2D eigenvalue weighted by Crippen LogP contribution is 2.26. The molecular weight excluding hydrogens is 350 g/mol. The quantitative estimate of drug-likeness (QED) is 0.836. The fraction of sp³-hybridized carbons (Fsp3) is 0.375. The molecule has 3 rings (SSSR count). The van der Waals surface area contributed by atoms with Crippen molar-refractivity contribution in [2.45, 2.75) is 31.6 Å². The minimum Gasteiger partial charge on any atom is -0.267 e. The maximum Gasteiger partial charge on any atom is 0.278 e. The number of hydrogen-bond acceptors (Lipinski definition) is 4. The van der Waals surface area contributed by atoms with E-state index in [2.05, 4.69) is 5.10 Å². The Morgan fingerprint density at radius 3 is 2.29 bits per heavy atom. The fourth-order valence-corrected chi connectivity index (χ4v) is 4.97. The van der Waals surface area contributed by atoms with Crippen LogP contribution >= 0.6 is 11.6 Å². The van der Waals surface area contributed by atoms with Crippen LogP contribution in [0.2, 0.25) is 5.02 Å². The lowest BCUT2D eigenvalue weighted by Gasteiger charge is -2.15. The molecule has 0 radical (unpaired) electrons.